The Bertz CT molecular complexity index is 794. The molecule has 2 N–H and O–H groups in total. The molecule has 162 valence electrons. The van der Waals surface area contributed by atoms with Crippen molar-refractivity contribution >= 4 is 15.8 Å². The fourth-order valence-electron chi connectivity index (χ4n) is 4.27. The second-order valence-corrected chi connectivity index (χ2v) is 10.1. The van der Waals surface area contributed by atoms with Crippen molar-refractivity contribution in [3.63, 3.8) is 0 Å². The minimum absolute atomic E-state index is 0.0878. The van der Waals surface area contributed by atoms with Crippen LogP contribution in [-0.2, 0) is 9.84 Å². The van der Waals surface area contributed by atoms with Crippen LogP contribution in [-0.4, -0.2) is 63.8 Å². The molecule has 1 unspecified atom stereocenters. The fraction of sp³-hybridized carbons (Fsp3) is 0.667. The van der Waals surface area contributed by atoms with Crippen LogP contribution in [0.4, 0.5) is 4.39 Å². The first-order chi connectivity index (χ1) is 14.0. The third kappa shape index (κ3) is 6.40. The van der Waals surface area contributed by atoms with Gasteiger partial charge in [0.15, 0.2) is 15.8 Å². The average Bonchev–Trinajstić information content (AvgIpc) is 3.34. The Morgan fingerprint density at radius 2 is 2.00 bits per heavy atom. The summed E-state index contributed by atoms with van der Waals surface area (Å²) >= 11 is 0. The van der Waals surface area contributed by atoms with Gasteiger partial charge in [0, 0.05) is 32.2 Å². The standard InChI is InChI=1S/C21H33FN4O2S/c1-2-23-21(24-12-14-29(27,28)20-10-6-5-9-19(20)22)25-18-11-13-26(16-18)15-17-7-3-4-8-17/h5-6,9-10,17-18H,2-4,7-8,11-16H2,1H3,(H2,23,24,25). The average molecular weight is 425 g/mol. The molecule has 0 radical (unpaired) electrons. The first kappa shape index (κ1) is 22.0. The van der Waals surface area contributed by atoms with Crippen molar-refractivity contribution in [2.75, 3.05) is 38.5 Å². The molecule has 1 heterocycles. The molecule has 0 spiro atoms. The van der Waals surface area contributed by atoms with Gasteiger partial charge in [-0.15, -0.1) is 0 Å². The highest BCUT2D eigenvalue weighted by atomic mass is 32.2. The van der Waals surface area contributed by atoms with Gasteiger partial charge in [-0.25, -0.2) is 12.8 Å². The molecule has 6 nitrogen and oxygen atoms in total. The summed E-state index contributed by atoms with van der Waals surface area (Å²) in [6.07, 6.45) is 6.51. The first-order valence-electron chi connectivity index (χ1n) is 10.7. The second-order valence-electron chi connectivity index (χ2n) is 8.05. The Morgan fingerprint density at radius 1 is 1.24 bits per heavy atom. The number of benzene rings is 1. The van der Waals surface area contributed by atoms with E-state index in [4.69, 9.17) is 0 Å². The number of hydrogen-bond donors (Lipinski definition) is 2. The zero-order chi connectivity index (χ0) is 20.7. The molecule has 1 saturated carbocycles. The topological polar surface area (TPSA) is 73.8 Å². The van der Waals surface area contributed by atoms with Gasteiger partial charge < -0.3 is 15.5 Å². The first-order valence-corrected chi connectivity index (χ1v) is 12.4. The van der Waals surface area contributed by atoms with Crippen molar-refractivity contribution in [2.24, 2.45) is 10.9 Å². The van der Waals surface area contributed by atoms with Gasteiger partial charge in [-0.3, -0.25) is 4.99 Å². The number of guanidine groups is 1. The summed E-state index contributed by atoms with van der Waals surface area (Å²) in [6, 6.07) is 5.80. The van der Waals surface area contributed by atoms with Gasteiger partial charge in [-0.2, -0.15) is 0 Å². The minimum atomic E-state index is -3.70. The van der Waals surface area contributed by atoms with Crippen LogP contribution >= 0.6 is 0 Å². The molecule has 0 amide bonds. The largest absolute Gasteiger partial charge is 0.357 e. The van der Waals surface area contributed by atoms with Crippen molar-refractivity contribution in [3.8, 4) is 0 Å². The predicted octanol–water partition coefficient (Wildman–Crippen LogP) is 2.42. The molecule has 1 aliphatic carbocycles. The number of halogens is 1. The van der Waals surface area contributed by atoms with E-state index in [0.29, 0.717) is 18.5 Å². The van der Waals surface area contributed by atoms with E-state index >= 15 is 0 Å². The van der Waals surface area contributed by atoms with E-state index in [1.54, 1.807) is 0 Å². The van der Waals surface area contributed by atoms with E-state index in [-0.39, 0.29) is 17.2 Å². The lowest BCUT2D eigenvalue weighted by molar-refractivity contribution is 0.275. The number of hydrogen-bond acceptors (Lipinski definition) is 4. The Morgan fingerprint density at radius 3 is 2.72 bits per heavy atom. The Labute approximate surface area is 173 Å². The Hall–Kier alpha value is -1.67. The number of nitrogens with one attached hydrogen (secondary N) is 2. The van der Waals surface area contributed by atoms with E-state index in [1.807, 2.05) is 6.92 Å². The molecule has 8 heteroatoms. The molecule has 3 rings (SSSR count). The van der Waals surface area contributed by atoms with Crippen molar-refractivity contribution in [2.45, 2.75) is 50.0 Å². The van der Waals surface area contributed by atoms with Gasteiger partial charge in [0.05, 0.1) is 12.3 Å². The van der Waals surface area contributed by atoms with Crippen LogP contribution in [0.1, 0.15) is 39.0 Å². The molecule has 1 atom stereocenters. The highest BCUT2D eigenvalue weighted by Gasteiger charge is 2.26. The van der Waals surface area contributed by atoms with Crippen molar-refractivity contribution < 1.29 is 12.8 Å². The zero-order valence-electron chi connectivity index (χ0n) is 17.2. The summed E-state index contributed by atoms with van der Waals surface area (Å²) in [7, 11) is -3.70. The van der Waals surface area contributed by atoms with Crippen LogP contribution < -0.4 is 10.6 Å². The van der Waals surface area contributed by atoms with Gasteiger partial charge in [0.1, 0.15) is 10.7 Å². The Kier molecular flexibility index (Phi) is 7.89. The summed E-state index contributed by atoms with van der Waals surface area (Å²) in [5.41, 5.74) is 0. The summed E-state index contributed by atoms with van der Waals surface area (Å²) in [5.74, 6) is 0.543. The molecule has 2 fully saturated rings. The van der Waals surface area contributed by atoms with Gasteiger partial charge in [-0.05, 0) is 44.2 Å². The molecular weight excluding hydrogens is 391 g/mol. The maximum absolute atomic E-state index is 13.8. The van der Waals surface area contributed by atoms with Crippen LogP contribution in [0.5, 0.6) is 0 Å². The summed E-state index contributed by atoms with van der Waals surface area (Å²) in [5, 5.41) is 6.62. The van der Waals surface area contributed by atoms with Crippen molar-refractivity contribution in [1.29, 1.82) is 0 Å². The van der Waals surface area contributed by atoms with E-state index in [0.717, 1.165) is 25.4 Å². The molecule has 1 aromatic rings. The lowest BCUT2D eigenvalue weighted by atomic mass is 10.1. The quantitative estimate of drug-likeness (QED) is 0.495. The van der Waals surface area contributed by atoms with E-state index in [1.165, 1.54) is 56.5 Å². The van der Waals surface area contributed by atoms with Gasteiger partial charge in [0.2, 0.25) is 0 Å². The second kappa shape index (κ2) is 10.4. The lowest BCUT2D eigenvalue weighted by Gasteiger charge is -2.21. The molecule has 29 heavy (non-hydrogen) atoms. The molecule has 0 aromatic heterocycles. The van der Waals surface area contributed by atoms with E-state index in [2.05, 4.69) is 20.5 Å². The molecule has 1 aromatic carbocycles. The van der Waals surface area contributed by atoms with E-state index < -0.39 is 15.7 Å². The molecular formula is C21H33FN4O2S. The SMILES string of the molecule is CCNC(=NCCS(=O)(=O)c1ccccc1F)NC1CCN(CC2CCCC2)C1. The number of sulfone groups is 1. The predicted molar refractivity (Wildman–Crippen MR) is 114 cm³/mol. The molecule has 2 aliphatic rings. The van der Waals surface area contributed by atoms with Crippen LogP contribution in [0.2, 0.25) is 0 Å². The molecule has 0 bridgehead atoms. The minimum Gasteiger partial charge on any atom is -0.357 e. The van der Waals surface area contributed by atoms with Crippen LogP contribution in [0, 0.1) is 11.7 Å². The third-order valence-electron chi connectivity index (χ3n) is 5.75. The molecule has 1 saturated heterocycles. The number of likely N-dealkylation sites (tertiary alicyclic amines) is 1. The van der Waals surface area contributed by atoms with Crippen molar-refractivity contribution in [3.05, 3.63) is 30.1 Å². The smallest absolute Gasteiger partial charge is 0.191 e. The Balaban J connectivity index is 1.51. The van der Waals surface area contributed by atoms with Crippen LogP contribution in [0.25, 0.3) is 0 Å². The third-order valence-corrected chi connectivity index (χ3v) is 7.47. The number of rotatable bonds is 8. The lowest BCUT2D eigenvalue weighted by Crippen LogP contribution is -2.45. The van der Waals surface area contributed by atoms with E-state index in [9.17, 15) is 12.8 Å². The monoisotopic (exact) mass is 424 g/mol. The van der Waals surface area contributed by atoms with Gasteiger partial charge >= 0.3 is 0 Å². The zero-order valence-corrected chi connectivity index (χ0v) is 18.1. The summed E-state index contributed by atoms with van der Waals surface area (Å²) < 4.78 is 38.6. The van der Waals surface area contributed by atoms with Crippen LogP contribution in [0.3, 0.4) is 0 Å². The fourth-order valence-corrected chi connectivity index (χ4v) is 5.47. The van der Waals surface area contributed by atoms with Gasteiger partial charge in [0.25, 0.3) is 0 Å². The highest BCUT2D eigenvalue weighted by Crippen LogP contribution is 2.26. The maximum Gasteiger partial charge on any atom is 0.191 e. The number of aliphatic imine (C=N–C) groups is 1. The summed E-state index contributed by atoms with van der Waals surface area (Å²) in [6.45, 7) is 6.04. The summed E-state index contributed by atoms with van der Waals surface area (Å²) in [4.78, 5) is 6.69. The maximum atomic E-state index is 13.8. The van der Waals surface area contributed by atoms with Crippen LogP contribution in [0.15, 0.2) is 34.2 Å². The molecule has 1 aliphatic heterocycles. The van der Waals surface area contributed by atoms with Crippen molar-refractivity contribution in [1.82, 2.24) is 15.5 Å². The highest BCUT2D eigenvalue weighted by molar-refractivity contribution is 7.91. The van der Waals surface area contributed by atoms with Gasteiger partial charge in [-0.1, -0.05) is 25.0 Å². The number of nitrogens with zero attached hydrogens (tertiary/aromatic N) is 2. The normalized spacial score (nSPS) is 21.6.